The number of rotatable bonds is 6. The van der Waals surface area contributed by atoms with Crippen molar-refractivity contribution in [1.82, 2.24) is 25.6 Å². The molecule has 0 saturated carbocycles. The smallest absolute Gasteiger partial charge is 0.328 e. The lowest BCUT2D eigenvalue weighted by Crippen LogP contribution is -2.64. The number of imide groups is 1. The van der Waals surface area contributed by atoms with Crippen LogP contribution in [0, 0.1) is 5.41 Å². The summed E-state index contributed by atoms with van der Waals surface area (Å²) in [5.41, 5.74) is 5.09. The minimum absolute atomic E-state index is 0.0141. The van der Waals surface area contributed by atoms with E-state index < -0.39 is 6.03 Å². The van der Waals surface area contributed by atoms with Crippen LogP contribution in [0.25, 0.3) is 0 Å². The van der Waals surface area contributed by atoms with Crippen molar-refractivity contribution in [3.63, 3.8) is 0 Å². The van der Waals surface area contributed by atoms with Gasteiger partial charge in [-0.05, 0) is 67.5 Å². The molecular weight excluding hydrogens is 536 g/mol. The zero-order chi connectivity index (χ0) is 29.3. The summed E-state index contributed by atoms with van der Waals surface area (Å²) in [4.78, 5) is 55.7. The summed E-state index contributed by atoms with van der Waals surface area (Å²) in [7, 11) is 1.59. The first-order chi connectivity index (χ1) is 20.3. The highest BCUT2D eigenvalue weighted by Crippen LogP contribution is 2.43. The van der Waals surface area contributed by atoms with Gasteiger partial charge in [-0.3, -0.25) is 34.9 Å². The maximum Gasteiger partial charge on any atom is 0.328 e. The topological polar surface area (TPSA) is 115 Å². The molecular formula is C31H38N6O5. The summed E-state index contributed by atoms with van der Waals surface area (Å²) in [5, 5.41) is 4.35. The summed E-state index contributed by atoms with van der Waals surface area (Å²) >= 11 is 0. The maximum atomic E-state index is 13.3. The number of hydrazine groups is 1. The molecule has 0 unspecified atom stereocenters. The van der Waals surface area contributed by atoms with Crippen molar-refractivity contribution in [3.05, 3.63) is 59.7 Å². The molecule has 4 fully saturated rings. The number of amides is 5. The summed E-state index contributed by atoms with van der Waals surface area (Å²) < 4.78 is 5.23. The van der Waals surface area contributed by atoms with Crippen LogP contribution in [0.15, 0.2) is 48.5 Å². The third kappa shape index (κ3) is 5.84. The number of likely N-dealkylation sites (tertiary alicyclic amines) is 2. The number of nitrogens with one attached hydrogen (secondary N) is 2. The highest BCUT2D eigenvalue weighted by Gasteiger charge is 2.47. The van der Waals surface area contributed by atoms with Gasteiger partial charge in [-0.2, -0.15) is 0 Å². The van der Waals surface area contributed by atoms with E-state index in [-0.39, 0.29) is 29.6 Å². The molecule has 11 nitrogen and oxygen atoms in total. The number of hydrogen-bond donors (Lipinski definition) is 2. The molecule has 0 bridgehead atoms. The number of methoxy groups -OCH3 is 1. The second-order valence-corrected chi connectivity index (χ2v) is 11.9. The molecule has 11 heteroatoms. The molecule has 0 aromatic heterocycles. The van der Waals surface area contributed by atoms with E-state index in [1.165, 1.54) is 4.90 Å². The number of carbonyl (C=O) groups is 4. The number of ether oxygens (including phenoxy) is 1. The summed E-state index contributed by atoms with van der Waals surface area (Å²) in [6.07, 6.45) is 4.24. The first-order valence-electron chi connectivity index (χ1n) is 14.8. The Morgan fingerprint density at radius 1 is 0.929 bits per heavy atom. The van der Waals surface area contributed by atoms with Crippen molar-refractivity contribution < 1.29 is 23.9 Å². The molecule has 4 saturated heterocycles. The largest absolute Gasteiger partial charge is 0.497 e. The van der Waals surface area contributed by atoms with Gasteiger partial charge >= 0.3 is 6.03 Å². The molecule has 1 spiro atoms. The predicted molar refractivity (Wildman–Crippen MR) is 156 cm³/mol. The lowest BCUT2D eigenvalue weighted by Gasteiger charge is -2.57. The van der Waals surface area contributed by atoms with E-state index in [1.807, 2.05) is 22.0 Å². The molecule has 4 heterocycles. The van der Waals surface area contributed by atoms with Crippen molar-refractivity contribution >= 4 is 29.4 Å². The van der Waals surface area contributed by atoms with Crippen LogP contribution in [-0.2, 0) is 4.79 Å². The van der Waals surface area contributed by atoms with E-state index in [0.717, 1.165) is 65.0 Å². The fraction of sp³-hybridized carbons (Fsp3) is 0.484. The zero-order valence-corrected chi connectivity index (χ0v) is 24.0. The average molecular weight is 575 g/mol. The van der Waals surface area contributed by atoms with Crippen LogP contribution in [0.2, 0.25) is 0 Å². The number of anilines is 1. The summed E-state index contributed by atoms with van der Waals surface area (Å²) in [5.74, 6) is 0.261. The van der Waals surface area contributed by atoms with Crippen LogP contribution in [0.4, 0.5) is 10.5 Å². The van der Waals surface area contributed by atoms with Crippen molar-refractivity contribution in [2.45, 2.75) is 38.1 Å². The molecule has 2 aromatic carbocycles. The molecule has 2 aromatic rings. The number of nitrogens with zero attached hydrogens (tertiary/aromatic N) is 4. The number of benzene rings is 2. The number of carbonyl (C=O) groups excluding carboxylic acids is 4. The highest BCUT2D eigenvalue weighted by atomic mass is 16.5. The molecule has 0 aliphatic carbocycles. The normalized spacial score (nSPS) is 21.5. The van der Waals surface area contributed by atoms with Gasteiger partial charge in [-0.15, -0.1) is 0 Å². The Kier molecular flexibility index (Phi) is 7.87. The Morgan fingerprint density at radius 3 is 2.36 bits per heavy atom. The Labute approximate surface area is 245 Å². The predicted octanol–water partition coefficient (Wildman–Crippen LogP) is 2.49. The van der Waals surface area contributed by atoms with E-state index >= 15 is 0 Å². The van der Waals surface area contributed by atoms with E-state index in [1.54, 1.807) is 43.5 Å². The number of hydrogen-bond acceptors (Lipinski definition) is 7. The van der Waals surface area contributed by atoms with Crippen molar-refractivity contribution in [3.8, 4) is 5.75 Å². The van der Waals surface area contributed by atoms with E-state index in [9.17, 15) is 19.2 Å². The van der Waals surface area contributed by atoms with Gasteiger partial charge in [0.2, 0.25) is 5.91 Å². The van der Waals surface area contributed by atoms with Gasteiger partial charge in [-0.25, -0.2) is 9.80 Å². The zero-order valence-electron chi connectivity index (χ0n) is 24.0. The first kappa shape index (κ1) is 28.2. The van der Waals surface area contributed by atoms with Gasteiger partial charge in [0.1, 0.15) is 5.75 Å². The van der Waals surface area contributed by atoms with Gasteiger partial charge in [0.25, 0.3) is 11.8 Å². The maximum absolute atomic E-state index is 13.3. The van der Waals surface area contributed by atoms with Crippen LogP contribution in [0.5, 0.6) is 5.75 Å². The molecule has 42 heavy (non-hydrogen) atoms. The minimum atomic E-state index is -0.450. The van der Waals surface area contributed by atoms with Crippen LogP contribution in [0.1, 0.15) is 52.8 Å². The van der Waals surface area contributed by atoms with E-state index in [4.69, 9.17) is 4.74 Å². The Hall–Kier alpha value is -3.96. The third-order valence-electron chi connectivity index (χ3n) is 9.22. The standard InChI is InChI=1S/C31H38N6O5/c1-42-26-7-3-4-22(19-26)28(39)33-36-13-8-24(9-14-36)35-20-31(21-35)11-16-34(17-12-31)29(40)23-5-2-6-25(18-23)37-15-10-27(38)32-30(37)41/h2-7,18-19,24H,8-17,20-21H2,1H3,(H,33,39)(H,32,38,41). The van der Waals surface area contributed by atoms with Gasteiger partial charge in [0.05, 0.1) is 7.11 Å². The minimum Gasteiger partial charge on any atom is -0.497 e. The quantitative estimate of drug-likeness (QED) is 0.545. The van der Waals surface area contributed by atoms with Crippen molar-refractivity contribution in [1.29, 1.82) is 0 Å². The van der Waals surface area contributed by atoms with Crippen LogP contribution >= 0.6 is 0 Å². The Balaban J connectivity index is 0.951. The van der Waals surface area contributed by atoms with Gasteiger partial charge < -0.3 is 9.64 Å². The molecule has 4 aliphatic rings. The van der Waals surface area contributed by atoms with Gasteiger partial charge in [0, 0.05) is 75.1 Å². The fourth-order valence-corrected chi connectivity index (χ4v) is 6.69. The van der Waals surface area contributed by atoms with Crippen LogP contribution < -0.4 is 20.4 Å². The Bertz CT molecular complexity index is 1360. The van der Waals surface area contributed by atoms with Gasteiger partial charge in [0.15, 0.2) is 0 Å². The number of piperidine rings is 2. The van der Waals surface area contributed by atoms with Crippen molar-refractivity contribution in [2.24, 2.45) is 5.41 Å². The molecule has 2 N–H and O–H groups in total. The Morgan fingerprint density at radius 2 is 1.64 bits per heavy atom. The second kappa shape index (κ2) is 11.7. The summed E-state index contributed by atoms with van der Waals surface area (Å²) in [6.45, 7) is 5.53. The van der Waals surface area contributed by atoms with Crippen LogP contribution in [-0.4, -0.2) is 97.5 Å². The third-order valence-corrected chi connectivity index (χ3v) is 9.22. The molecule has 5 amide bonds. The molecule has 4 aliphatic heterocycles. The molecule has 0 atom stereocenters. The van der Waals surface area contributed by atoms with Crippen LogP contribution in [0.3, 0.4) is 0 Å². The number of urea groups is 1. The lowest BCUT2D eigenvalue weighted by molar-refractivity contribution is -0.120. The first-order valence-corrected chi connectivity index (χ1v) is 14.8. The molecule has 0 radical (unpaired) electrons. The van der Waals surface area contributed by atoms with E-state index in [2.05, 4.69) is 15.6 Å². The van der Waals surface area contributed by atoms with Gasteiger partial charge in [-0.1, -0.05) is 12.1 Å². The van der Waals surface area contributed by atoms with E-state index in [0.29, 0.717) is 35.2 Å². The SMILES string of the molecule is COc1cccc(C(=O)NN2CCC(N3CC4(CCN(C(=O)c5cccc(N6CCC(=O)NC6=O)c5)CC4)C3)CC2)c1. The molecule has 222 valence electrons. The highest BCUT2D eigenvalue weighted by molar-refractivity contribution is 6.06. The fourth-order valence-electron chi connectivity index (χ4n) is 6.69. The monoisotopic (exact) mass is 574 g/mol. The lowest BCUT2D eigenvalue weighted by atomic mass is 9.71. The molecule has 6 rings (SSSR count). The second-order valence-electron chi connectivity index (χ2n) is 11.9. The summed E-state index contributed by atoms with van der Waals surface area (Å²) in [6, 6.07) is 14.4. The van der Waals surface area contributed by atoms with Crippen molar-refractivity contribution in [2.75, 3.05) is 57.8 Å². The average Bonchev–Trinajstić information content (AvgIpc) is 3.00.